The first-order chi connectivity index (χ1) is 10.7. The third kappa shape index (κ3) is 2.69. The van der Waals surface area contributed by atoms with Crippen LogP contribution >= 0.6 is 23.4 Å². The van der Waals surface area contributed by atoms with Crippen LogP contribution in [-0.2, 0) is 0 Å². The Morgan fingerprint density at radius 2 is 2.18 bits per heavy atom. The van der Waals surface area contributed by atoms with Crippen molar-refractivity contribution in [3.8, 4) is 28.8 Å². The maximum absolute atomic E-state index is 9.18. The first-order valence-electron chi connectivity index (χ1n) is 6.25. The molecule has 0 atom stereocenters. The number of furan rings is 1. The van der Waals surface area contributed by atoms with Crippen molar-refractivity contribution >= 4 is 23.4 Å². The number of hydrogen-bond donors (Lipinski definition) is 0. The van der Waals surface area contributed by atoms with Crippen LogP contribution in [0.5, 0.6) is 0 Å². The van der Waals surface area contributed by atoms with Crippen molar-refractivity contribution in [2.75, 3.05) is 6.26 Å². The Labute approximate surface area is 136 Å². The number of aromatic nitrogens is 3. The molecule has 0 saturated heterocycles. The molecule has 0 amide bonds. The third-order valence-electron chi connectivity index (χ3n) is 2.94. The van der Waals surface area contributed by atoms with Crippen LogP contribution in [0.4, 0.5) is 0 Å². The molecule has 0 unspecified atom stereocenters. The first-order valence-corrected chi connectivity index (χ1v) is 7.85. The van der Waals surface area contributed by atoms with Gasteiger partial charge in [0.05, 0.1) is 17.5 Å². The van der Waals surface area contributed by atoms with Gasteiger partial charge in [-0.1, -0.05) is 23.4 Å². The Morgan fingerprint density at radius 1 is 1.32 bits per heavy atom. The van der Waals surface area contributed by atoms with Gasteiger partial charge in [0.15, 0.2) is 10.9 Å². The molecule has 3 heterocycles. The van der Waals surface area contributed by atoms with Gasteiger partial charge >= 0.3 is 0 Å². The smallest absolute Gasteiger partial charge is 0.187 e. The van der Waals surface area contributed by atoms with Crippen LogP contribution in [-0.4, -0.2) is 21.2 Å². The van der Waals surface area contributed by atoms with Crippen molar-refractivity contribution in [3.63, 3.8) is 0 Å². The lowest BCUT2D eigenvalue weighted by atomic mass is 10.1. The Hall–Kier alpha value is -2.36. The summed E-state index contributed by atoms with van der Waals surface area (Å²) in [6, 6.07) is 9.01. The summed E-state index contributed by atoms with van der Waals surface area (Å²) in [6.07, 6.45) is 5.12. The van der Waals surface area contributed by atoms with Gasteiger partial charge in [0.1, 0.15) is 16.9 Å². The summed E-state index contributed by atoms with van der Waals surface area (Å²) in [5, 5.41) is 9.95. The molecule has 22 heavy (non-hydrogen) atoms. The van der Waals surface area contributed by atoms with E-state index in [1.54, 1.807) is 36.7 Å². The normalized spacial score (nSPS) is 10.4. The monoisotopic (exact) mass is 328 g/mol. The topological polar surface area (TPSA) is 75.6 Å². The molecule has 108 valence electrons. The Morgan fingerprint density at radius 3 is 2.86 bits per heavy atom. The molecule has 0 spiro atoms. The van der Waals surface area contributed by atoms with E-state index >= 15 is 0 Å². The SMILES string of the molecule is CSc1nccc(-c2cc(C#N)c(Cl)nc2-c2ccco2)n1. The molecular weight excluding hydrogens is 320 g/mol. The van der Waals surface area contributed by atoms with Gasteiger partial charge in [0.25, 0.3) is 0 Å². The van der Waals surface area contributed by atoms with Crippen LogP contribution in [0.2, 0.25) is 5.15 Å². The van der Waals surface area contributed by atoms with Gasteiger partial charge in [-0.3, -0.25) is 0 Å². The van der Waals surface area contributed by atoms with Crippen molar-refractivity contribution in [2.24, 2.45) is 0 Å². The third-order valence-corrected chi connectivity index (χ3v) is 3.79. The van der Waals surface area contributed by atoms with Crippen molar-refractivity contribution in [1.29, 1.82) is 5.26 Å². The molecule has 0 radical (unpaired) electrons. The van der Waals surface area contributed by atoms with Gasteiger partial charge in [0, 0.05) is 11.8 Å². The lowest BCUT2D eigenvalue weighted by molar-refractivity contribution is 0.580. The lowest BCUT2D eigenvalue weighted by Crippen LogP contribution is -1.96. The molecule has 3 aromatic rings. The van der Waals surface area contributed by atoms with E-state index in [1.807, 2.05) is 12.3 Å². The highest BCUT2D eigenvalue weighted by molar-refractivity contribution is 7.98. The van der Waals surface area contributed by atoms with E-state index in [2.05, 4.69) is 15.0 Å². The minimum atomic E-state index is 0.136. The fraction of sp³-hybridized carbons (Fsp3) is 0.0667. The predicted molar refractivity (Wildman–Crippen MR) is 84.5 cm³/mol. The van der Waals surface area contributed by atoms with Gasteiger partial charge < -0.3 is 4.42 Å². The van der Waals surface area contributed by atoms with E-state index < -0.39 is 0 Å². The lowest BCUT2D eigenvalue weighted by Gasteiger charge is -2.08. The number of hydrogen-bond acceptors (Lipinski definition) is 6. The highest BCUT2D eigenvalue weighted by atomic mass is 35.5. The molecular formula is C15H9ClN4OS. The molecule has 3 rings (SSSR count). The average molecular weight is 329 g/mol. The second kappa shape index (κ2) is 6.18. The maximum Gasteiger partial charge on any atom is 0.187 e. The quantitative estimate of drug-likeness (QED) is 0.410. The number of nitriles is 1. The summed E-state index contributed by atoms with van der Waals surface area (Å²) in [5.74, 6) is 0.561. The predicted octanol–water partition coefficient (Wildman–Crippen LogP) is 4.05. The molecule has 0 bridgehead atoms. The van der Waals surface area contributed by atoms with E-state index in [0.717, 1.165) is 0 Å². The molecule has 0 aromatic carbocycles. The molecule has 3 aromatic heterocycles. The first kappa shape index (κ1) is 14.6. The van der Waals surface area contributed by atoms with Crippen LogP contribution in [0.1, 0.15) is 5.56 Å². The molecule has 0 aliphatic heterocycles. The molecule has 0 fully saturated rings. The molecule has 5 nitrogen and oxygen atoms in total. The van der Waals surface area contributed by atoms with Gasteiger partial charge in [0.2, 0.25) is 0 Å². The summed E-state index contributed by atoms with van der Waals surface area (Å²) in [6.45, 7) is 0. The molecule has 0 N–H and O–H groups in total. The van der Waals surface area contributed by atoms with Crippen LogP contribution in [0.3, 0.4) is 0 Å². The van der Waals surface area contributed by atoms with E-state index in [0.29, 0.717) is 27.9 Å². The van der Waals surface area contributed by atoms with Gasteiger partial charge in [-0.05, 0) is 30.5 Å². The van der Waals surface area contributed by atoms with Crippen LogP contribution in [0.15, 0.2) is 46.3 Å². The van der Waals surface area contributed by atoms with Crippen molar-refractivity contribution in [1.82, 2.24) is 15.0 Å². The van der Waals surface area contributed by atoms with Gasteiger partial charge in [-0.15, -0.1) is 0 Å². The van der Waals surface area contributed by atoms with Crippen molar-refractivity contribution in [2.45, 2.75) is 5.16 Å². The van der Waals surface area contributed by atoms with E-state index in [9.17, 15) is 5.26 Å². The summed E-state index contributed by atoms with van der Waals surface area (Å²) in [4.78, 5) is 12.9. The van der Waals surface area contributed by atoms with Crippen LogP contribution in [0, 0.1) is 11.3 Å². The Kier molecular flexibility index (Phi) is 4.09. The number of rotatable bonds is 3. The number of nitrogens with zero attached hydrogens (tertiary/aromatic N) is 4. The van der Waals surface area contributed by atoms with E-state index in [4.69, 9.17) is 16.0 Å². The minimum Gasteiger partial charge on any atom is -0.463 e. The molecule has 7 heteroatoms. The van der Waals surface area contributed by atoms with Crippen LogP contribution < -0.4 is 0 Å². The molecule has 0 saturated carbocycles. The van der Waals surface area contributed by atoms with Gasteiger partial charge in [-0.2, -0.15) is 5.26 Å². The fourth-order valence-electron chi connectivity index (χ4n) is 1.95. The van der Waals surface area contributed by atoms with Crippen molar-refractivity contribution < 1.29 is 4.42 Å². The summed E-state index contributed by atoms with van der Waals surface area (Å²) < 4.78 is 5.41. The molecule has 0 aliphatic carbocycles. The highest BCUT2D eigenvalue weighted by Gasteiger charge is 2.17. The number of thioether (sulfide) groups is 1. The largest absolute Gasteiger partial charge is 0.463 e. The minimum absolute atomic E-state index is 0.136. The van der Waals surface area contributed by atoms with Crippen molar-refractivity contribution in [3.05, 3.63) is 47.4 Å². The van der Waals surface area contributed by atoms with E-state index in [1.165, 1.54) is 11.8 Å². The number of halogens is 1. The Bertz CT molecular complexity index is 858. The number of pyridine rings is 1. The second-order valence-corrected chi connectivity index (χ2v) is 5.37. The molecule has 0 aliphatic rings. The second-order valence-electron chi connectivity index (χ2n) is 4.24. The summed E-state index contributed by atoms with van der Waals surface area (Å²) in [5.41, 5.74) is 2.16. The average Bonchev–Trinajstić information content (AvgIpc) is 3.09. The standard InChI is InChI=1S/C15H9ClN4OS/c1-22-15-18-5-4-11(19-15)10-7-9(8-17)14(16)20-13(10)12-3-2-6-21-12/h2-7H,1H3. The maximum atomic E-state index is 9.18. The Balaban J connectivity index is 2.26. The summed E-state index contributed by atoms with van der Waals surface area (Å²) >= 11 is 7.49. The van der Waals surface area contributed by atoms with E-state index in [-0.39, 0.29) is 10.7 Å². The zero-order chi connectivity index (χ0) is 15.5. The van der Waals surface area contributed by atoms with Gasteiger partial charge in [-0.25, -0.2) is 15.0 Å². The zero-order valence-corrected chi connectivity index (χ0v) is 13.0. The fourth-order valence-corrected chi connectivity index (χ4v) is 2.49. The highest BCUT2D eigenvalue weighted by Crippen LogP contribution is 2.33. The van der Waals surface area contributed by atoms with Crippen LogP contribution in [0.25, 0.3) is 22.7 Å². The summed E-state index contributed by atoms with van der Waals surface area (Å²) in [7, 11) is 0. The zero-order valence-electron chi connectivity index (χ0n) is 11.4.